The Balaban J connectivity index is 3.12. The first-order chi connectivity index (χ1) is 7.97. The van der Waals surface area contributed by atoms with E-state index in [1.165, 1.54) is 6.92 Å². The highest BCUT2D eigenvalue weighted by Gasteiger charge is 2.23. The molecule has 0 radical (unpaired) electrons. The lowest BCUT2D eigenvalue weighted by molar-refractivity contribution is -0.142. The molecule has 0 aromatic carbocycles. The van der Waals surface area contributed by atoms with Gasteiger partial charge in [-0.2, -0.15) is 4.39 Å². The first-order valence-corrected chi connectivity index (χ1v) is 5.05. The van der Waals surface area contributed by atoms with E-state index < -0.39 is 23.9 Å². The Kier molecular flexibility index (Phi) is 4.48. The number of pyridine rings is 1. The van der Waals surface area contributed by atoms with Crippen molar-refractivity contribution in [2.75, 3.05) is 6.61 Å². The molecule has 0 bridgehead atoms. The highest BCUT2D eigenvalue weighted by molar-refractivity contribution is 5.73. The minimum atomic E-state index is -3.01. The summed E-state index contributed by atoms with van der Waals surface area (Å²) in [6, 6.07) is 0. The number of hydrogen-bond donors (Lipinski definition) is 0. The predicted octanol–water partition coefficient (Wildman–Crippen LogP) is 2.57. The molecular weight excluding hydrogens is 235 g/mol. The SMILES string of the molecule is CCOC(=O)Cc1c(C)cnc(F)c1C(F)F. The van der Waals surface area contributed by atoms with E-state index >= 15 is 0 Å². The Labute approximate surface area is 96.6 Å². The van der Waals surface area contributed by atoms with Crippen LogP contribution in [0.1, 0.15) is 30.0 Å². The van der Waals surface area contributed by atoms with E-state index in [1.807, 2.05) is 0 Å². The Bertz CT molecular complexity index is 421. The number of hydrogen-bond acceptors (Lipinski definition) is 3. The number of alkyl halides is 2. The fourth-order valence-electron chi connectivity index (χ4n) is 1.45. The van der Waals surface area contributed by atoms with Gasteiger partial charge in [0.05, 0.1) is 18.6 Å². The zero-order valence-corrected chi connectivity index (χ0v) is 9.47. The Morgan fingerprint density at radius 3 is 2.71 bits per heavy atom. The fourth-order valence-corrected chi connectivity index (χ4v) is 1.45. The molecule has 0 fully saturated rings. The van der Waals surface area contributed by atoms with Crippen LogP contribution < -0.4 is 0 Å². The molecule has 0 unspecified atom stereocenters. The minimum absolute atomic E-state index is 0.0500. The predicted molar refractivity (Wildman–Crippen MR) is 54.2 cm³/mol. The number of nitrogens with zero attached hydrogens (tertiary/aromatic N) is 1. The standard InChI is InChI=1S/C11H12F3NO2/c1-3-17-8(16)4-7-6(2)5-15-11(14)9(7)10(12)13/h5,10H,3-4H2,1-2H3. The number of rotatable bonds is 4. The number of aromatic nitrogens is 1. The molecule has 0 saturated heterocycles. The largest absolute Gasteiger partial charge is 0.466 e. The molecule has 1 aromatic heterocycles. The Morgan fingerprint density at radius 2 is 2.18 bits per heavy atom. The van der Waals surface area contributed by atoms with Crippen LogP contribution in [0.4, 0.5) is 13.2 Å². The Morgan fingerprint density at radius 1 is 1.53 bits per heavy atom. The summed E-state index contributed by atoms with van der Waals surface area (Å²) in [7, 11) is 0. The highest BCUT2D eigenvalue weighted by atomic mass is 19.3. The molecule has 1 aromatic rings. The topological polar surface area (TPSA) is 39.2 Å². The van der Waals surface area contributed by atoms with E-state index in [2.05, 4.69) is 9.72 Å². The lowest BCUT2D eigenvalue weighted by atomic mass is 10.0. The smallest absolute Gasteiger partial charge is 0.310 e. The lowest BCUT2D eigenvalue weighted by Gasteiger charge is -2.11. The summed E-state index contributed by atoms with van der Waals surface area (Å²) in [6.45, 7) is 3.24. The second kappa shape index (κ2) is 5.65. The zero-order chi connectivity index (χ0) is 13.0. The van der Waals surface area contributed by atoms with Crippen molar-refractivity contribution in [2.45, 2.75) is 26.7 Å². The van der Waals surface area contributed by atoms with Gasteiger partial charge in [0.25, 0.3) is 6.43 Å². The maximum atomic E-state index is 13.2. The van der Waals surface area contributed by atoms with Crippen molar-refractivity contribution in [1.29, 1.82) is 0 Å². The van der Waals surface area contributed by atoms with Gasteiger partial charge < -0.3 is 4.74 Å². The van der Waals surface area contributed by atoms with Gasteiger partial charge in [-0.3, -0.25) is 4.79 Å². The van der Waals surface area contributed by atoms with Crippen molar-refractivity contribution in [3.05, 3.63) is 28.8 Å². The van der Waals surface area contributed by atoms with Gasteiger partial charge in [-0.25, -0.2) is 13.8 Å². The average molecular weight is 247 g/mol. The summed E-state index contributed by atoms with van der Waals surface area (Å²) in [5.74, 6) is -1.91. The molecule has 0 aliphatic heterocycles. The quantitative estimate of drug-likeness (QED) is 0.606. The van der Waals surface area contributed by atoms with Gasteiger partial charge in [-0.1, -0.05) is 0 Å². The van der Waals surface area contributed by atoms with E-state index in [1.54, 1.807) is 6.92 Å². The number of aryl methyl sites for hydroxylation is 1. The lowest BCUT2D eigenvalue weighted by Crippen LogP contribution is -2.13. The van der Waals surface area contributed by atoms with Crippen molar-refractivity contribution in [3.8, 4) is 0 Å². The van der Waals surface area contributed by atoms with Gasteiger partial charge in [0, 0.05) is 6.20 Å². The van der Waals surface area contributed by atoms with Gasteiger partial charge >= 0.3 is 5.97 Å². The normalized spacial score (nSPS) is 10.7. The first-order valence-electron chi connectivity index (χ1n) is 5.05. The molecule has 0 aliphatic rings. The van der Waals surface area contributed by atoms with E-state index in [-0.39, 0.29) is 18.6 Å². The van der Waals surface area contributed by atoms with Crippen LogP contribution in [0.3, 0.4) is 0 Å². The van der Waals surface area contributed by atoms with Crippen LogP contribution in [0.15, 0.2) is 6.20 Å². The molecule has 3 nitrogen and oxygen atoms in total. The van der Waals surface area contributed by atoms with Crippen LogP contribution in [0.2, 0.25) is 0 Å². The second-order valence-electron chi connectivity index (χ2n) is 3.41. The van der Waals surface area contributed by atoms with Crippen LogP contribution in [0.25, 0.3) is 0 Å². The molecule has 1 heterocycles. The number of carbonyl (C=O) groups excluding carboxylic acids is 1. The molecule has 6 heteroatoms. The van der Waals surface area contributed by atoms with E-state index in [4.69, 9.17) is 0 Å². The highest BCUT2D eigenvalue weighted by Crippen LogP contribution is 2.27. The van der Waals surface area contributed by atoms with Crippen molar-refractivity contribution in [1.82, 2.24) is 4.98 Å². The number of carbonyl (C=O) groups is 1. The van der Waals surface area contributed by atoms with E-state index in [9.17, 15) is 18.0 Å². The van der Waals surface area contributed by atoms with Gasteiger partial charge in [0.2, 0.25) is 5.95 Å². The summed E-state index contributed by atoms with van der Waals surface area (Å²) in [6.07, 6.45) is -2.26. The number of ether oxygens (including phenoxy) is 1. The van der Waals surface area contributed by atoms with Crippen LogP contribution in [-0.4, -0.2) is 17.6 Å². The first kappa shape index (κ1) is 13.5. The van der Waals surface area contributed by atoms with Crippen LogP contribution in [0, 0.1) is 12.9 Å². The second-order valence-corrected chi connectivity index (χ2v) is 3.41. The van der Waals surface area contributed by atoms with Crippen molar-refractivity contribution in [2.24, 2.45) is 0 Å². The van der Waals surface area contributed by atoms with Crippen molar-refractivity contribution >= 4 is 5.97 Å². The van der Waals surface area contributed by atoms with Crippen LogP contribution in [0.5, 0.6) is 0 Å². The van der Waals surface area contributed by atoms with E-state index in [0.717, 1.165) is 6.20 Å². The van der Waals surface area contributed by atoms with Crippen molar-refractivity contribution in [3.63, 3.8) is 0 Å². The molecule has 0 saturated carbocycles. The monoisotopic (exact) mass is 247 g/mol. The molecule has 0 amide bonds. The van der Waals surface area contributed by atoms with Gasteiger partial charge in [-0.05, 0) is 25.0 Å². The average Bonchev–Trinajstić information content (AvgIpc) is 2.23. The minimum Gasteiger partial charge on any atom is -0.466 e. The fraction of sp³-hybridized carbons (Fsp3) is 0.455. The summed E-state index contributed by atoms with van der Waals surface area (Å²) < 4.78 is 43.2. The molecule has 94 valence electrons. The van der Waals surface area contributed by atoms with Gasteiger partial charge in [-0.15, -0.1) is 0 Å². The van der Waals surface area contributed by atoms with E-state index in [0.29, 0.717) is 5.56 Å². The van der Waals surface area contributed by atoms with Gasteiger partial charge in [0.15, 0.2) is 0 Å². The number of esters is 1. The van der Waals surface area contributed by atoms with Crippen LogP contribution >= 0.6 is 0 Å². The third kappa shape index (κ3) is 3.18. The number of halogens is 3. The summed E-state index contributed by atoms with van der Waals surface area (Å²) in [5, 5.41) is 0. The molecule has 17 heavy (non-hydrogen) atoms. The Hall–Kier alpha value is -1.59. The van der Waals surface area contributed by atoms with Crippen molar-refractivity contribution < 1.29 is 22.7 Å². The molecule has 0 atom stereocenters. The molecular formula is C11H12F3NO2. The van der Waals surface area contributed by atoms with Crippen LogP contribution in [-0.2, 0) is 16.0 Å². The maximum absolute atomic E-state index is 13.2. The third-order valence-corrected chi connectivity index (χ3v) is 2.24. The van der Waals surface area contributed by atoms with Gasteiger partial charge in [0.1, 0.15) is 0 Å². The third-order valence-electron chi connectivity index (χ3n) is 2.24. The molecule has 0 spiro atoms. The maximum Gasteiger partial charge on any atom is 0.310 e. The summed E-state index contributed by atoms with van der Waals surface area (Å²) >= 11 is 0. The summed E-state index contributed by atoms with van der Waals surface area (Å²) in [5.41, 5.74) is -0.529. The molecule has 0 N–H and O–H groups in total. The summed E-state index contributed by atoms with van der Waals surface area (Å²) in [4.78, 5) is 14.5. The zero-order valence-electron chi connectivity index (χ0n) is 9.47. The molecule has 1 rings (SSSR count). The molecule has 0 aliphatic carbocycles.